The van der Waals surface area contributed by atoms with E-state index in [-0.39, 0.29) is 86.7 Å². The second-order valence-electron chi connectivity index (χ2n) is 41.5. The second-order valence-corrected chi connectivity index (χ2v) is 41.5. The molecule has 0 N–H and O–H groups in total. The van der Waals surface area contributed by atoms with E-state index in [1.54, 1.807) is 0 Å². The highest BCUT2D eigenvalue weighted by Crippen LogP contribution is 2.42. The van der Waals surface area contributed by atoms with Gasteiger partial charge in [-0.2, -0.15) is 0 Å². The van der Waals surface area contributed by atoms with Crippen LogP contribution < -0.4 is 23.7 Å². The molecule has 17 heteroatoms. The summed E-state index contributed by atoms with van der Waals surface area (Å²) in [4.78, 5) is 72.7. The molecule has 4 aliphatic carbocycles. The fourth-order valence-corrected chi connectivity index (χ4v) is 18.6. The first-order chi connectivity index (χ1) is 66.9. The molecule has 0 aliphatic heterocycles. The molecule has 4 fully saturated rings. The maximum absolute atomic E-state index is 12.3. The van der Waals surface area contributed by atoms with Crippen LogP contribution in [0.4, 0.5) is 0 Å². The zero-order valence-corrected chi connectivity index (χ0v) is 89.1. The summed E-state index contributed by atoms with van der Waals surface area (Å²) >= 11 is 0. The lowest BCUT2D eigenvalue weighted by molar-refractivity contribution is -0.166. The molecule has 7 unspecified atom stereocenters. The Labute approximate surface area is 840 Å². The third kappa shape index (κ3) is 37.0. The van der Waals surface area contributed by atoms with Crippen LogP contribution in [0, 0.1) is 23.2 Å². The largest absolute Gasteiger partial charge is 0.482 e. The summed E-state index contributed by atoms with van der Waals surface area (Å²) in [6.45, 7) is 45.6. The molecule has 140 heavy (non-hydrogen) atoms. The van der Waals surface area contributed by atoms with Gasteiger partial charge < -0.3 is 52.1 Å². The van der Waals surface area contributed by atoms with Gasteiger partial charge in [0.25, 0.3) is 0 Å². The van der Waals surface area contributed by atoms with E-state index in [0.717, 1.165) is 143 Å². The van der Waals surface area contributed by atoms with E-state index >= 15 is 0 Å². The van der Waals surface area contributed by atoms with Crippen LogP contribution in [0.25, 0.3) is 21.5 Å². The van der Waals surface area contributed by atoms with Crippen molar-refractivity contribution in [1.29, 1.82) is 0 Å². The molecule has 0 amide bonds. The topological polar surface area (TPSA) is 204 Å². The van der Waals surface area contributed by atoms with Crippen molar-refractivity contribution in [3.8, 4) is 28.7 Å². The summed E-state index contributed by atoms with van der Waals surface area (Å²) in [7, 11) is 0. The van der Waals surface area contributed by atoms with E-state index in [0.29, 0.717) is 64.6 Å². The molecule has 0 aromatic heterocycles. The van der Waals surface area contributed by atoms with Gasteiger partial charge in [0.1, 0.15) is 63.4 Å². The molecule has 9 aromatic carbocycles. The van der Waals surface area contributed by atoms with Gasteiger partial charge in [-0.3, -0.25) is 4.79 Å². The molecule has 13 rings (SSSR count). The lowest BCUT2D eigenvalue weighted by Gasteiger charge is -2.36. The number of rotatable bonds is 39. The number of benzene rings is 9. The summed E-state index contributed by atoms with van der Waals surface area (Å²) in [5.74, 6) is 5.97. The van der Waals surface area contributed by atoms with Gasteiger partial charge >= 0.3 is 35.8 Å². The summed E-state index contributed by atoms with van der Waals surface area (Å²) in [6, 6.07) is 68.2. The average Bonchev–Trinajstić information content (AvgIpc) is 0.898. The van der Waals surface area contributed by atoms with Crippen LogP contribution >= 0.6 is 0 Å². The molecule has 0 radical (unpaired) electrons. The molecule has 764 valence electrons. The molecule has 7 atom stereocenters. The van der Waals surface area contributed by atoms with Crippen molar-refractivity contribution in [2.24, 2.45) is 23.2 Å². The van der Waals surface area contributed by atoms with Crippen molar-refractivity contribution in [2.45, 2.75) is 377 Å². The summed E-state index contributed by atoms with van der Waals surface area (Å²) in [5, 5.41) is 4.59. The Morgan fingerprint density at radius 1 is 0.314 bits per heavy atom. The normalized spacial score (nSPS) is 16.0. The van der Waals surface area contributed by atoms with Gasteiger partial charge in [-0.1, -0.05) is 286 Å². The predicted octanol–water partition coefficient (Wildman–Crippen LogP) is 31.8. The molecular formula is C123H170O17. The van der Waals surface area contributed by atoms with Crippen LogP contribution in [-0.4, -0.2) is 91.3 Å². The van der Waals surface area contributed by atoms with Gasteiger partial charge in [-0.15, -0.1) is 0 Å². The number of ether oxygens (including phenoxy) is 11. The summed E-state index contributed by atoms with van der Waals surface area (Å²) < 4.78 is 62.1. The first kappa shape index (κ1) is 115. The Bertz CT molecular complexity index is 5180. The van der Waals surface area contributed by atoms with Crippen molar-refractivity contribution in [3.05, 3.63) is 245 Å². The zero-order valence-electron chi connectivity index (χ0n) is 89.1. The highest BCUT2D eigenvalue weighted by Gasteiger charge is 2.39. The van der Waals surface area contributed by atoms with Crippen LogP contribution in [0.15, 0.2) is 206 Å². The molecule has 0 bridgehead atoms. The molecule has 4 saturated carbocycles. The van der Waals surface area contributed by atoms with Crippen molar-refractivity contribution in [2.75, 3.05) is 33.0 Å². The van der Waals surface area contributed by atoms with Crippen molar-refractivity contribution < 1.29 is 80.9 Å². The Morgan fingerprint density at radius 3 is 1.12 bits per heavy atom. The lowest BCUT2D eigenvalue weighted by Crippen LogP contribution is -2.39. The molecular weight excluding hydrogens is 1750 g/mol. The Hall–Kier alpha value is -10.7. The Morgan fingerprint density at radius 2 is 0.671 bits per heavy atom. The number of fused-ring (bicyclic) bond motifs is 2. The molecule has 0 spiro atoms. The van der Waals surface area contributed by atoms with Gasteiger partial charge in [0, 0.05) is 5.39 Å². The maximum Gasteiger partial charge on any atom is 0.344 e. The van der Waals surface area contributed by atoms with Crippen LogP contribution in [0.3, 0.4) is 0 Å². The standard InChI is InChI=1S/C25H34O3.C23H30O3.C21H32O3.C20H30O3.C20H24O3.C14H20O2/c1-5-18(2)19-11-12-21-16-23(14-13-20(21)15-19)27-17-24(26)28-25(3,4)22-9-7-6-8-10-22;1-4-17(3)18-10-8-12-20-19(18)11-9-13-21(20)25-16-22(24)26-23(5-2)14-6-7-15-23;1-5-16(2)17-10-9-13-19(14-17)23-15-20(22)24-21(3,4)18-11-7-6-8-12-18;1-5-15(2)16-10-12-18(13-11-16)22-14-19(21)23-20(3,4)17-8-6-7-9-17;1-4-15(2)17-10-12-19(13-11-17)22-14-20(21)23-16(3)18-8-6-5-7-9-18;1-5-14(3,4)13(15)16-11(2)12-9-7-6-8-10-12/h11-16,18,22H,5-10,17H2,1-4H3;8-13,17H,4-7,14-16H2,1-3H3;9-10,13-14,16,18H,5-8,11-12,15H2,1-4H3;10-13,15,17H,5-9,14H2,1-4H3;5-13,15-16H,4,14H2,1-3H3;6-11H,5H2,1-4H3. The van der Waals surface area contributed by atoms with Gasteiger partial charge in [-0.25, -0.2) is 24.0 Å². The van der Waals surface area contributed by atoms with E-state index in [1.807, 2.05) is 216 Å². The number of carbonyl (C=O) groups excluding carboxylic acids is 6. The zero-order chi connectivity index (χ0) is 102. The van der Waals surface area contributed by atoms with Gasteiger partial charge in [0.05, 0.1) is 5.41 Å². The number of hydrogen-bond donors (Lipinski definition) is 0. The molecule has 0 saturated heterocycles. The second kappa shape index (κ2) is 57.4. The Balaban J connectivity index is 0.000000207. The fourth-order valence-electron chi connectivity index (χ4n) is 18.6. The van der Waals surface area contributed by atoms with Crippen molar-refractivity contribution in [1.82, 2.24) is 0 Å². The van der Waals surface area contributed by atoms with Gasteiger partial charge in [0.2, 0.25) is 0 Å². The molecule has 0 heterocycles. The smallest absolute Gasteiger partial charge is 0.344 e. The van der Waals surface area contributed by atoms with E-state index in [9.17, 15) is 28.8 Å². The van der Waals surface area contributed by atoms with Crippen molar-refractivity contribution in [3.63, 3.8) is 0 Å². The monoisotopic (exact) mass is 1920 g/mol. The lowest BCUT2D eigenvalue weighted by atomic mass is 9.79. The van der Waals surface area contributed by atoms with Crippen LogP contribution in [0.2, 0.25) is 0 Å². The van der Waals surface area contributed by atoms with Crippen molar-refractivity contribution >= 4 is 57.4 Å². The van der Waals surface area contributed by atoms with Crippen LogP contribution in [-0.2, 0) is 57.2 Å². The first-order valence-corrected chi connectivity index (χ1v) is 52.8. The Kier molecular flexibility index (Phi) is 47.0. The van der Waals surface area contributed by atoms with E-state index < -0.39 is 22.2 Å². The van der Waals surface area contributed by atoms with Gasteiger partial charge in [-0.05, 0) is 335 Å². The average molecular weight is 1920 g/mol. The molecule has 9 aromatic rings. The molecule has 4 aliphatic rings. The number of carbonyl (C=O) groups is 6. The third-order valence-corrected chi connectivity index (χ3v) is 29.7. The number of hydrogen-bond acceptors (Lipinski definition) is 17. The van der Waals surface area contributed by atoms with Crippen LogP contribution in [0.1, 0.15) is 394 Å². The SMILES string of the molecule is CCC(C)(C)C(=O)OC(C)c1ccccc1.CCC(C)c1ccc(OCC(=O)OC(C)(C)C2CCCC2)cc1.CCC(C)c1ccc(OCC(=O)OC(C)c2ccccc2)cc1.CCC(C)c1ccc2cc(OCC(=O)OC(C)(C)C3CCCCC3)ccc2c1.CCC(C)c1cccc(OCC(=O)OC(C)(C)C2CCCCC2)c1.CCC(C)c1cccc2c(OCC(=O)OC3(CC)CCCC3)cccc12. The minimum absolute atomic E-state index is 0.0277. The van der Waals surface area contributed by atoms with Gasteiger partial charge in [0.15, 0.2) is 33.0 Å². The van der Waals surface area contributed by atoms with E-state index in [2.05, 4.69) is 143 Å². The van der Waals surface area contributed by atoms with Crippen LogP contribution in [0.5, 0.6) is 28.7 Å². The van der Waals surface area contributed by atoms with E-state index in [4.69, 9.17) is 52.1 Å². The third-order valence-electron chi connectivity index (χ3n) is 29.7. The molecule has 17 nitrogen and oxygen atoms in total. The highest BCUT2D eigenvalue weighted by molar-refractivity contribution is 5.92. The quantitative estimate of drug-likeness (QED) is 0.0259. The van der Waals surface area contributed by atoms with E-state index in [1.165, 1.54) is 90.0 Å². The first-order valence-electron chi connectivity index (χ1n) is 52.8. The minimum Gasteiger partial charge on any atom is -0.482 e. The minimum atomic E-state index is -0.420. The highest BCUT2D eigenvalue weighted by atomic mass is 16.6. The summed E-state index contributed by atoms with van der Waals surface area (Å²) in [6.07, 6.45) is 27.9. The predicted molar refractivity (Wildman–Crippen MR) is 567 cm³/mol. The fraction of sp³-hybridized carbons (Fsp3) is 0.545. The summed E-state index contributed by atoms with van der Waals surface area (Å²) in [5.41, 5.74) is 6.63. The maximum atomic E-state index is 12.3. The number of esters is 6.